The smallest absolute Gasteiger partial charge is 0.162 e. The van der Waals surface area contributed by atoms with Crippen molar-refractivity contribution in [2.24, 2.45) is 11.8 Å². The molecule has 1 fully saturated rings. The normalized spacial score (nSPS) is 26.6. The van der Waals surface area contributed by atoms with Gasteiger partial charge in [-0.25, -0.2) is 0 Å². The third-order valence-corrected chi connectivity index (χ3v) is 4.40. The Labute approximate surface area is 116 Å². The molecule has 3 heteroatoms. The van der Waals surface area contributed by atoms with E-state index in [1.54, 1.807) is 0 Å². The van der Waals surface area contributed by atoms with Gasteiger partial charge in [0.15, 0.2) is 11.5 Å². The molecule has 1 aromatic carbocycles. The standard InChI is InChI=1S/C16H25NO2/c1-4-19-15-7-5-6-13(16(15)18)10-17-14-9-8-11(2)12(14)3/h5-7,11-12,14,17-18H,4,8-10H2,1-3H3. The lowest BCUT2D eigenvalue weighted by Crippen LogP contribution is -2.31. The first-order valence-electron chi connectivity index (χ1n) is 7.30. The maximum Gasteiger partial charge on any atom is 0.162 e. The molecule has 2 rings (SSSR count). The highest BCUT2D eigenvalue weighted by atomic mass is 16.5. The highest BCUT2D eigenvalue weighted by molar-refractivity contribution is 5.45. The molecule has 0 radical (unpaired) electrons. The topological polar surface area (TPSA) is 41.5 Å². The lowest BCUT2D eigenvalue weighted by Gasteiger charge is -2.20. The van der Waals surface area contributed by atoms with Crippen LogP contribution in [0.1, 0.15) is 39.2 Å². The minimum atomic E-state index is 0.274. The number of nitrogens with one attached hydrogen (secondary N) is 1. The first-order valence-corrected chi connectivity index (χ1v) is 7.30. The number of phenolic OH excluding ortho intramolecular Hbond substituents is 1. The van der Waals surface area contributed by atoms with Crippen molar-refractivity contribution < 1.29 is 9.84 Å². The van der Waals surface area contributed by atoms with Gasteiger partial charge >= 0.3 is 0 Å². The number of para-hydroxylation sites is 1. The van der Waals surface area contributed by atoms with E-state index in [0.717, 1.165) is 11.5 Å². The lowest BCUT2D eigenvalue weighted by atomic mass is 9.97. The summed E-state index contributed by atoms with van der Waals surface area (Å²) >= 11 is 0. The number of aromatic hydroxyl groups is 1. The zero-order valence-electron chi connectivity index (χ0n) is 12.1. The third kappa shape index (κ3) is 3.21. The second kappa shape index (κ2) is 6.29. The summed E-state index contributed by atoms with van der Waals surface area (Å²) in [5.41, 5.74) is 0.915. The largest absolute Gasteiger partial charge is 0.504 e. The minimum Gasteiger partial charge on any atom is -0.504 e. The van der Waals surface area contributed by atoms with Gasteiger partial charge in [-0.15, -0.1) is 0 Å². The van der Waals surface area contributed by atoms with E-state index in [-0.39, 0.29) is 5.75 Å². The average Bonchev–Trinajstić information content (AvgIpc) is 2.71. The first-order chi connectivity index (χ1) is 9.13. The van der Waals surface area contributed by atoms with Gasteiger partial charge in [0.2, 0.25) is 0 Å². The molecule has 1 aromatic rings. The Kier molecular flexibility index (Phi) is 4.70. The SMILES string of the molecule is CCOc1cccc(CNC2CCC(C)C2C)c1O. The monoisotopic (exact) mass is 263 g/mol. The number of phenols is 1. The molecular formula is C16H25NO2. The number of hydrogen-bond acceptors (Lipinski definition) is 3. The van der Waals surface area contributed by atoms with Crippen LogP contribution in [0.5, 0.6) is 11.5 Å². The van der Waals surface area contributed by atoms with Crippen LogP contribution in [0.4, 0.5) is 0 Å². The summed E-state index contributed by atoms with van der Waals surface area (Å²) < 4.78 is 5.41. The Hall–Kier alpha value is -1.22. The van der Waals surface area contributed by atoms with Gasteiger partial charge in [0.1, 0.15) is 0 Å². The molecular weight excluding hydrogens is 238 g/mol. The lowest BCUT2D eigenvalue weighted by molar-refractivity contribution is 0.315. The Morgan fingerprint density at radius 2 is 2.11 bits per heavy atom. The van der Waals surface area contributed by atoms with E-state index in [1.165, 1.54) is 12.8 Å². The summed E-state index contributed by atoms with van der Waals surface area (Å²) in [6, 6.07) is 6.25. The van der Waals surface area contributed by atoms with Crippen LogP contribution in [0.25, 0.3) is 0 Å². The summed E-state index contributed by atoms with van der Waals surface area (Å²) in [7, 11) is 0. The van der Waals surface area contributed by atoms with E-state index in [2.05, 4.69) is 19.2 Å². The van der Waals surface area contributed by atoms with E-state index in [9.17, 15) is 5.11 Å². The Morgan fingerprint density at radius 3 is 2.74 bits per heavy atom. The summed E-state index contributed by atoms with van der Waals surface area (Å²) in [5, 5.41) is 13.7. The van der Waals surface area contributed by atoms with Gasteiger partial charge in [-0.3, -0.25) is 0 Å². The van der Waals surface area contributed by atoms with Gasteiger partial charge in [-0.2, -0.15) is 0 Å². The van der Waals surface area contributed by atoms with Crippen molar-refractivity contribution in [3.63, 3.8) is 0 Å². The van der Waals surface area contributed by atoms with E-state index in [4.69, 9.17) is 4.74 Å². The Bertz CT molecular complexity index is 419. The van der Waals surface area contributed by atoms with Crippen LogP contribution in [-0.4, -0.2) is 17.8 Å². The first kappa shape index (κ1) is 14.2. The molecule has 1 aliphatic carbocycles. The van der Waals surface area contributed by atoms with Gasteiger partial charge in [0.25, 0.3) is 0 Å². The van der Waals surface area contributed by atoms with Gasteiger partial charge in [0.05, 0.1) is 6.61 Å². The minimum absolute atomic E-state index is 0.274. The molecule has 1 aliphatic rings. The zero-order valence-corrected chi connectivity index (χ0v) is 12.1. The van der Waals surface area contributed by atoms with Crippen LogP contribution in [0, 0.1) is 11.8 Å². The molecule has 0 saturated heterocycles. The molecule has 0 aliphatic heterocycles. The average molecular weight is 263 g/mol. The van der Waals surface area contributed by atoms with Crippen molar-refractivity contribution in [2.75, 3.05) is 6.61 Å². The van der Waals surface area contributed by atoms with Crippen LogP contribution in [0.3, 0.4) is 0 Å². The quantitative estimate of drug-likeness (QED) is 0.856. The number of ether oxygens (including phenoxy) is 1. The van der Waals surface area contributed by atoms with Crippen molar-refractivity contribution >= 4 is 0 Å². The second-order valence-corrected chi connectivity index (χ2v) is 5.60. The van der Waals surface area contributed by atoms with Crippen LogP contribution in [-0.2, 0) is 6.54 Å². The van der Waals surface area contributed by atoms with Crippen LogP contribution in [0.2, 0.25) is 0 Å². The summed E-state index contributed by atoms with van der Waals surface area (Å²) in [6.45, 7) is 7.83. The highest BCUT2D eigenvalue weighted by Crippen LogP contribution is 2.33. The maximum atomic E-state index is 10.1. The number of benzene rings is 1. The molecule has 0 heterocycles. The van der Waals surface area contributed by atoms with Crippen molar-refractivity contribution in [2.45, 2.75) is 46.2 Å². The highest BCUT2D eigenvalue weighted by Gasteiger charge is 2.29. The Balaban J connectivity index is 1.98. The molecule has 106 valence electrons. The van der Waals surface area contributed by atoms with Gasteiger partial charge < -0.3 is 15.2 Å². The molecule has 3 atom stereocenters. The van der Waals surface area contributed by atoms with Crippen LogP contribution < -0.4 is 10.1 Å². The molecule has 3 nitrogen and oxygen atoms in total. The molecule has 1 saturated carbocycles. The molecule has 0 spiro atoms. The van der Waals surface area contributed by atoms with Crippen molar-refractivity contribution in [1.82, 2.24) is 5.32 Å². The summed E-state index contributed by atoms with van der Waals surface area (Å²) in [4.78, 5) is 0. The van der Waals surface area contributed by atoms with Crippen molar-refractivity contribution in [3.8, 4) is 11.5 Å². The fourth-order valence-corrected chi connectivity index (χ4v) is 2.88. The second-order valence-electron chi connectivity index (χ2n) is 5.60. The molecule has 2 N–H and O–H groups in total. The van der Waals surface area contributed by atoms with Gasteiger partial charge in [0, 0.05) is 18.2 Å². The van der Waals surface area contributed by atoms with Gasteiger partial charge in [-0.05, 0) is 37.7 Å². The van der Waals surface area contributed by atoms with Crippen molar-refractivity contribution in [3.05, 3.63) is 23.8 Å². The Morgan fingerprint density at radius 1 is 1.32 bits per heavy atom. The number of rotatable bonds is 5. The number of hydrogen-bond donors (Lipinski definition) is 2. The van der Waals surface area contributed by atoms with Crippen LogP contribution in [0.15, 0.2) is 18.2 Å². The molecule has 0 aromatic heterocycles. The fraction of sp³-hybridized carbons (Fsp3) is 0.625. The van der Waals surface area contributed by atoms with Gasteiger partial charge in [-0.1, -0.05) is 26.0 Å². The molecule has 3 unspecified atom stereocenters. The predicted molar refractivity (Wildman–Crippen MR) is 77.5 cm³/mol. The summed E-state index contributed by atoms with van der Waals surface area (Å²) in [5.74, 6) is 2.35. The maximum absolute atomic E-state index is 10.1. The molecule has 19 heavy (non-hydrogen) atoms. The van der Waals surface area contributed by atoms with Crippen LogP contribution >= 0.6 is 0 Å². The molecule has 0 amide bonds. The van der Waals surface area contributed by atoms with Crippen molar-refractivity contribution in [1.29, 1.82) is 0 Å². The summed E-state index contributed by atoms with van der Waals surface area (Å²) in [6.07, 6.45) is 2.53. The fourth-order valence-electron chi connectivity index (χ4n) is 2.88. The zero-order chi connectivity index (χ0) is 13.8. The van der Waals surface area contributed by atoms with E-state index >= 15 is 0 Å². The van der Waals surface area contributed by atoms with E-state index in [1.807, 2.05) is 25.1 Å². The third-order valence-electron chi connectivity index (χ3n) is 4.40. The molecule has 0 bridgehead atoms. The predicted octanol–water partition coefficient (Wildman–Crippen LogP) is 3.32. The van der Waals surface area contributed by atoms with E-state index < -0.39 is 0 Å². The van der Waals surface area contributed by atoms with E-state index in [0.29, 0.717) is 30.9 Å².